The van der Waals surface area contributed by atoms with E-state index in [-0.39, 0.29) is 16.5 Å². The molecule has 4 nitrogen and oxygen atoms in total. The lowest BCUT2D eigenvalue weighted by atomic mass is 9.69. The van der Waals surface area contributed by atoms with E-state index >= 15 is 0 Å². The zero-order chi connectivity index (χ0) is 20.8. The second-order valence-electron chi connectivity index (χ2n) is 7.94. The number of esters is 1. The lowest BCUT2D eigenvalue weighted by molar-refractivity contribution is -0.230. The number of hydrogen-bond donors (Lipinski definition) is 0. The largest absolute Gasteiger partial charge is 0.442 e. The smallest absolute Gasteiger partial charge is 0.434 e. The molecule has 1 aliphatic rings. The average Bonchev–Trinajstić information content (AvgIpc) is 3.08. The summed E-state index contributed by atoms with van der Waals surface area (Å²) in [5.41, 5.74) is 2.00. The minimum absolute atomic E-state index is 0.156. The highest BCUT2D eigenvalue weighted by molar-refractivity contribution is 5.80. The third kappa shape index (κ3) is 3.61. The number of rotatable bonds is 3. The molecule has 29 heavy (non-hydrogen) atoms. The molecule has 3 aromatic rings. The number of carbonyl (C=O) groups excluding carboxylic acids is 1. The quantitative estimate of drug-likeness (QED) is 0.517. The Morgan fingerprint density at radius 3 is 2.59 bits per heavy atom. The van der Waals surface area contributed by atoms with E-state index in [0.717, 1.165) is 5.56 Å². The molecule has 7 heteroatoms. The predicted molar refractivity (Wildman–Crippen MR) is 100 cm³/mol. The molecule has 0 amide bonds. The van der Waals surface area contributed by atoms with Crippen LogP contribution in [0.2, 0.25) is 0 Å². The molecule has 0 fully saturated rings. The number of ether oxygens (including phenoxy) is 1. The summed E-state index contributed by atoms with van der Waals surface area (Å²) in [7, 11) is 0. The second-order valence-corrected chi connectivity index (χ2v) is 7.94. The van der Waals surface area contributed by atoms with Crippen LogP contribution in [0, 0.1) is 0 Å². The van der Waals surface area contributed by atoms with Crippen molar-refractivity contribution >= 4 is 17.1 Å². The summed E-state index contributed by atoms with van der Waals surface area (Å²) in [6.07, 6.45) is -6.31. The molecule has 0 spiro atoms. The molecular weight excluding hydrogens is 383 g/mol. The lowest BCUT2D eigenvalue weighted by Crippen LogP contribution is -2.33. The van der Waals surface area contributed by atoms with Gasteiger partial charge in [0.05, 0.1) is 5.92 Å². The first-order valence-electron chi connectivity index (χ1n) is 9.39. The van der Waals surface area contributed by atoms with E-state index < -0.39 is 30.1 Å². The zero-order valence-electron chi connectivity index (χ0n) is 16.0. The number of aromatic nitrogens is 1. The molecule has 0 radical (unpaired) electrons. The number of alkyl halides is 3. The van der Waals surface area contributed by atoms with Gasteiger partial charge in [0.2, 0.25) is 5.89 Å². The molecule has 0 bridgehead atoms. The van der Waals surface area contributed by atoms with Gasteiger partial charge >= 0.3 is 12.1 Å². The van der Waals surface area contributed by atoms with Crippen LogP contribution in [0.4, 0.5) is 13.2 Å². The van der Waals surface area contributed by atoms with Crippen molar-refractivity contribution in [3.8, 4) is 0 Å². The number of halogens is 3. The predicted octanol–water partition coefficient (Wildman–Crippen LogP) is 5.83. The Hall–Kier alpha value is -2.83. The van der Waals surface area contributed by atoms with Crippen molar-refractivity contribution in [1.82, 2.24) is 4.98 Å². The first-order valence-corrected chi connectivity index (χ1v) is 9.39. The highest BCUT2D eigenvalue weighted by atomic mass is 19.4. The summed E-state index contributed by atoms with van der Waals surface area (Å²) in [6.45, 7) is 4.12. The average molecular weight is 403 g/mol. The zero-order valence-corrected chi connectivity index (χ0v) is 16.0. The third-order valence-electron chi connectivity index (χ3n) is 5.47. The molecule has 152 valence electrons. The first kappa shape index (κ1) is 19.5. The van der Waals surface area contributed by atoms with E-state index in [0.29, 0.717) is 18.4 Å². The fourth-order valence-corrected chi connectivity index (χ4v) is 3.92. The summed E-state index contributed by atoms with van der Waals surface area (Å²) in [5.74, 6) is -2.34. The highest BCUT2D eigenvalue weighted by Gasteiger charge is 2.49. The van der Waals surface area contributed by atoms with Gasteiger partial charge in [-0.25, -0.2) is 4.98 Å². The van der Waals surface area contributed by atoms with Gasteiger partial charge < -0.3 is 9.15 Å². The van der Waals surface area contributed by atoms with Gasteiger partial charge in [0.1, 0.15) is 5.52 Å². The van der Waals surface area contributed by atoms with Crippen LogP contribution in [-0.2, 0) is 14.9 Å². The van der Waals surface area contributed by atoms with Gasteiger partial charge in [0.25, 0.3) is 6.10 Å². The molecule has 2 aromatic carbocycles. The Balaban J connectivity index is 1.66. The molecule has 2 unspecified atom stereocenters. The topological polar surface area (TPSA) is 52.3 Å². The van der Waals surface area contributed by atoms with Crippen LogP contribution in [0.1, 0.15) is 55.7 Å². The fraction of sp³-hybridized carbons (Fsp3) is 0.364. The Morgan fingerprint density at radius 1 is 1.17 bits per heavy atom. The van der Waals surface area contributed by atoms with Crippen LogP contribution < -0.4 is 0 Å². The van der Waals surface area contributed by atoms with E-state index in [2.05, 4.69) is 18.8 Å². The summed E-state index contributed by atoms with van der Waals surface area (Å²) in [6, 6.07) is 13.7. The standard InChI is InChI=1S/C22H20F3NO3/c1-21(2)12-11-14(13-7-3-4-8-15(13)21)20(27)29-18(22(23,24)25)19-26-16-9-5-6-10-17(16)28-19/h3-10,14,18H,11-12H2,1-2H3. The first-order chi connectivity index (χ1) is 13.7. The van der Waals surface area contributed by atoms with Gasteiger partial charge in [-0.2, -0.15) is 13.2 Å². The van der Waals surface area contributed by atoms with Crippen molar-refractivity contribution in [1.29, 1.82) is 0 Å². The lowest BCUT2D eigenvalue weighted by Gasteiger charge is -2.36. The third-order valence-corrected chi connectivity index (χ3v) is 5.47. The van der Waals surface area contributed by atoms with Crippen molar-refractivity contribution in [3.05, 3.63) is 65.5 Å². The number of fused-ring (bicyclic) bond motifs is 2. The van der Waals surface area contributed by atoms with E-state index in [9.17, 15) is 18.0 Å². The van der Waals surface area contributed by atoms with Gasteiger partial charge in [-0.1, -0.05) is 50.2 Å². The normalized spacial score (nSPS) is 19.6. The number of hydrogen-bond acceptors (Lipinski definition) is 4. The molecule has 1 heterocycles. The number of oxazole rings is 1. The number of para-hydroxylation sites is 2. The van der Waals surface area contributed by atoms with Crippen LogP contribution in [-0.4, -0.2) is 17.1 Å². The highest BCUT2D eigenvalue weighted by Crippen LogP contribution is 2.44. The molecule has 4 rings (SSSR count). The summed E-state index contributed by atoms with van der Waals surface area (Å²) >= 11 is 0. The fourth-order valence-electron chi connectivity index (χ4n) is 3.92. The van der Waals surface area contributed by atoms with Crippen molar-refractivity contribution in [2.45, 2.75) is 50.3 Å². The van der Waals surface area contributed by atoms with Gasteiger partial charge in [0.15, 0.2) is 5.58 Å². The van der Waals surface area contributed by atoms with Crippen LogP contribution in [0.15, 0.2) is 52.9 Å². The molecular formula is C22H20F3NO3. The van der Waals surface area contributed by atoms with Crippen LogP contribution in [0.5, 0.6) is 0 Å². The van der Waals surface area contributed by atoms with E-state index in [4.69, 9.17) is 9.15 Å². The molecule has 1 aliphatic carbocycles. The summed E-state index contributed by atoms with van der Waals surface area (Å²) in [4.78, 5) is 16.7. The minimum Gasteiger partial charge on any atom is -0.442 e. The van der Waals surface area contributed by atoms with Crippen molar-refractivity contribution in [2.75, 3.05) is 0 Å². The maximum atomic E-state index is 13.7. The Morgan fingerprint density at radius 2 is 1.86 bits per heavy atom. The summed E-state index contributed by atoms with van der Waals surface area (Å²) in [5, 5.41) is 0. The maximum absolute atomic E-state index is 13.7. The van der Waals surface area contributed by atoms with Gasteiger partial charge in [-0.05, 0) is 41.5 Å². The molecule has 0 aliphatic heterocycles. The molecule has 0 saturated heterocycles. The van der Waals surface area contributed by atoms with Crippen molar-refractivity contribution in [3.63, 3.8) is 0 Å². The van der Waals surface area contributed by atoms with E-state index in [1.807, 2.05) is 12.1 Å². The van der Waals surface area contributed by atoms with Crippen molar-refractivity contribution < 1.29 is 27.1 Å². The second kappa shape index (κ2) is 6.90. The summed E-state index contributed by atoms with van der Waals surface area (Å²) < 4.78 is 51.3. The molecule has 1 aromatic heterocycles. The molecule has 0 saturated carbocycles. The number of benzene rings is 2. The van der Waals surface area contributed by atoms with Crippen LogP contribution in [0.25, 0.3) is 11.1 Å². The Labute approximate surface area is 165 Å². The van der Waals surface area contributed by atoms with Gasteiger partial charge in [-0.15, -0.1) is 0 Å². The monoisotopic (exact) mass is 403 g/mol. The van der Waals surface area contributed by atoms with E-state index in [1.165, 1.54) is 12.1 Å². The van der Waals surface area contributed by atoms with Crippen molar-refractivity contribution in [2.24, 2.45) is 0 Å². The SMILES string of the molecule is CC1(C)CCC(C(=O)OC(c2nc3ccccc3o2)C(F)(F)F)c2ccccc21. The number of nitrogens with zero attached hydrogens (tertiary/aromatic N) is 1. The Bertz CT molecular complexity index is 1020. The van der Waals surface area contributed by atoms with Crippen LogP contribution >= 0.6 is 0 Å². The molecule has 2 atom stereocenters. The molecule has 0 N–H and O–H groups in total. The minimum atomic E-state index is -4.84. The Kier molecular flexibility index (Phi) is 4.63. The van der Waals surface area contributed by atoms with Crippen LogP contribution in [0.3, 0.4) is 0 Å². The van der Waals surface area contributed by atoms with E-state index in [1.54, 1.807) is 24.3 Å². The van der Waals surface area contributed by atoms with Gasteiger partial charge in [-0.3, -0.25) is 4.79 Å². The van der Waals surface area contributed by atoms with Gasteiger partial charge in [0, 0.05) is 0 Å². The number of carbonyl (C=O) groups is 1. The maximum Gasteiger partial charge on any atom is 0.434 e.